The van der Waals surface area contributed by atoms with Gasteiger partial charge in [0.05, 0.1) is 5.92 Å². The highest BCUT2D eigenvalue weighted by Gasteiger charge is 2.22. The standard InChI is InChI=1S/C10H16O4/c1-8(11)13-7-14-10(12)9-5-3-2-4-6-9/h9H,2-7H2,1H3. The first-order valence-electron chi connectivity index (χ1n) is 5.00. The molecule has 0 radical (unpaired) electrons. The van der Waals surface area contributed by atoms with Gasteiger partial charge in [-0.2, -0.15) is 0 Å². The van der Waals surface area contributed by atoms with Crippen molar-refractivity contribution in [2.75, 3.05) is 6.79 Å². The van der Waals surface area contributed by atoms with Gasteiger partial charge in [-0.3, -0.25) is 9.59 Å². The molecule has 0 aromatic heterocycles. The van der Waals surface area contributed by atoms with E-state index in [1.54, 1.807) is 0 Å². The first-order chi connectivity index (χ1) is 6.70. The molecule has 0 N–H and O–H groups in total. The van der Waals surface area contributed by atoms with Crippen LogP contribution < -0.4 is 0 Å². The predicted octanol–water partition coefficient (Wildman–Crippen LogP) is 1.63. The van der Waals surface area contributed by atoms with Crippen LogP contribution in [-0.4, -0.2) is 18.7 Å². The number of carbonyl (C=O) groups excluding carboxylic acids is 2. The van der Waals surface area contributed by atoms with Crippen molar-refractivity contribution in [1.29, 1.82) is 0 Å². The van der Waals surface area contributed by atoms with E-state index in [9.17, 15) is 9.59 Å². The van der Waals surface area contributed by atoms with E-state index in [0.29, 0.717) is 0 Å². The van der Waals surface area contributed by atoms with Crippen molar-refractivity contribution < 1.29 is 19.1 Å². The second kappa shape index (κ2) is 5.62. The average molecular weight is 200 g/mol. The van der Waals surface area contributed by atoms with Gasteiger partial charge in [-0.05, 0) is 12.8 Å². The molecule has 0 amide bonds. The summed E-state index contributed by atoms with van der Waals surface area (Å²) >= 11 is 0. The molecule has 1 aliphatic rings. The van der Waals surface area contributed by atoms with E-state index in [4.69, 9.17) is 4.74 Å². The van der Waals surface area contributed by atoms with Crippen LogP contribution in [0.15, 0.2) is 0 Å². The summed E-state index contributed by atoms with van der Waals surface area (Å²) in [5.41, 5.74) is 0. The highest BCUT2D eigenvalue weighted by Crippen LogP contribution is 2.24. The number of carbonyl (C=O) groups is 2. The van der Waals surface area contributed by atoms with E-state index >= 15 is 0 Å². The summed E-state index contributed by atoms with van der Waals surface area (Å²) in [6, 6.07) is 0. The fourth-order valence-electron chi connectivity index (χ4n) is 1.63. The molecule has 0 bridgehead atoms. The van der Waals surface area contributed by atoms with Crippen LogP contribution in [0.4, 0.5) is 0 Å². The Labute approximate surface area is 83.6 Å². The van der Waals surface area contributed by atoms with Crippen molar-refractivity contribution in [3.63, 3.8) is 0 Å². The lowest BCUT2D eigenvalue weighted by molar-refractivity contribution is -0.169. The number of esters is 2. The molecule has 0 spiro atoms. The number of hydrogen-bond acceptors (Lipinski definition) is 4. The summed E-state index contributed by atoms with van der Waals surface area (Å²) in [6.45, 7) is 1.04. The molecule has 80 valence electrons. The summed E-state index contributed by atoms with van der Waals surface area (Å²) < 4.78 is 9.33. The van der Waals surface area contributed by atoms with Gasteiger partial charge in [0.1, 0.15) is 0 Å². The van der Waals surface area contributed by atoms with Gasteiger partial charge in [-0.25, -0.2) is 0 Å². The maximum atomic E-state index is 11.4. The highest BCUT2D eigenvalue weighted by atomic mass is 16.7. The van der Waals surface area contributed by atoms with E-state index in [2.05, 4.69) is 4.74 Å². The summed E-state index contributed by atoms with van der Waals surface area (Å²) in [5, 5.41) is 0. The Morgan fingerprint density at radius 3 is 2.36 bits per heavy atom. The molecule has 1 rings (SSSR count). The van der Waals surface area contributed by atoms with Crippen LogP contribution in [0.25, 0.3) is 0 Å². The van der Waals surface area contributed by atoms with Gasteiger partial charge in [0, 0.05) is 6.92 Å². The molecule has 14 heavy (non-hydrogen) atoms. The van der Waals surface area contributed by atoms with E-state index in [-0.39, 0.29) is 18.7 Å². The summed E-state index contributed by atoms with van der Waals surface area (Å²) in [4.78, 5) is 21.8. The van der Waals surface area contributed by atoms with Gasteiger partial charge in [0.25, 0.3) is 0 Å². The van der Waals surface area contributed by atoms with E-state index in [1.165, 1.54) is 13.3 Å². The minimum atomic E-state index is -0.429. The third kappa shape index (κ3) is 3.77. The Bertz CT molecular complexity index is 206. The fourth-order valence-corrected chi connectivity index (χ4v) is 1.63. The predicted molar refractivity (Wildman–Crippen MR) is 49.3 cm³/mol. The largest absolute Gasteiger partial charge is 0.428 e. The molecular weight excluding hydrogens is 184 g/mol. The topological polar surface area (TPSA) is 52.6 Å². The zero-order chi connectivity index (χ0) is 10.4. The Balaban J connectivity index is 2.16. The molecule has 0 aromatic rings. The lowest BCUT2D eigenvalue weighted by Crippen LogP contribution is -2.21. The van der Waals surface area contributed by atoms with E-state index in [1.807, 2.05) is 0 Å². The smallest absolute Gasteiger partial charge is 0.311 e. The maximum absolute atomic E-state index is 11.4. The molecule has 1 aliphatic carbocycles. The van der Waals surface area contributed by atoms with Crippen LogP contribution in [0, 0.1) is 5.92 Å². The highest BCUT2D eigenvalue weighted by molar-refractivity contribution is 5.72. The summed E-state index contributed by atoms with van der Waals surface area (Å²) in [5.74, 6) is -0.647. The maximum Gasteiger partial charge on any atom is 0.311 e. The van der Waals surface area contributed by atoms with E-state index < -0.39 is 5.97 Å². The SMILES string of the molecule is CC(=O)OCOC(=O)C1CCCCC1. The second-order valence-electron chi connectivity index (χ2n) is 3.55. The molecule has 0 saturated heterocycles. The number of ether oxygens (including phenoxy) is 2. The van der Waals surface area contributed by atoms with Crippen molar-refractivity contribution in [1.82, 2.24) is 0 Å². The van der Waals surface area contributed by atoms with Gasteiger partial charge in [0.15, 0.2) is 0 Å². The first-order valence-corrected chi connectivity index (χ1v) is 5.00. The summed E-state index contributed by atoms with van der Waals surface area (Å²) in [7, 11) is 0. The Morgan fingerprint density at radius 2 is 1.79 bits per heavy atom. The second-order valence-corrected chi connectivity index (χ2v) is 3.55. The van der Waals surface area contributed by atoms with Crippen LogP contribution >= 0.6 is 0 Å². The minimum absolute atomic E-state index is 0.0132. The molecular formula is C10H16O4. The van der Waals surface area contributed by atoms with Gasteiger partial charge >= 0.3 is 11.9 Å². The van der Waals surface area contributed by atoms with Crippen LogP contribution in [0.2, 0.25) is 0 Å². The molecule has 0 aliphatic heterocycles. The third-order valence-electron chi connectivity index (χ3n) is 2.40. The lowest BCUT2D eigenvalue weighted by atomic mass is 9.89. The quantitative estimate of drug-likeness (QED) is 0.513. The Hall–Kier alpha value is -1.06. The zero-order valence-corrected chi connectivity index (χ0v) is 8.45. The van der Waals surface area contributed by atoms with Gasteiger partial charge < -0.3 is 9.47 Å². The summed E-state index contributed by atoms with van der Waals surface area (Å²) in [6.07, 6.45) is 5.19. The number of hydrogen-bond donors (Lipinski definition) is 0. The molecule has 4 nitrogen and oxygen atoms in total. The van der Waals surface area contributed by atoms with Crippen LogP contribution in [-0.2, 0) is 19.1 Å². The molecule has 0 aromatic carbocycles. The van der Waals surface area contributed by atoms with Gasteiger partial charge in [-0.1, -0.05) is 19.3 Å². The molecule has 0 atom stereocenters. The minimum Gasteiger partial charge on any atom is -0.428 e. The molecule has 0 unspecified atom stereocenters. The Morgan fingerprint density at radius 1 is 1.14 bits per heavy atom. The fraction of sp³-hybridized carbons (Fsp3) is 0.800. The van der Waals surface area contributed by atoms with Crippen LogP contribution in [0.5, 0.6) is 0 Å². The molecule has 4 heteroatoms. The first kappa shape index (κ1) is 11.0. The normalized spacial score (nSPS) is 17.5. The van der Waals surface area contributed by atoms with Crippen molar-refractivity contribution in [3.8, 4) is 0 Å². The average Bonchev–Trinajstić information content (AvgIpc) is 2.18. The van der Waals surface area contributed by atoms with Crippen molar-refractivity contribution in [2.24, 2.45) is 5.92 Å². The van der Waals surface area contributed by atoms with Gasteiger partial charge in [0.2, 0.25) is 6.79 Å². The monoisotopic (exact) mass is 200 g/mol. The third-order valence-corrected chi connectivity index (χ3v) is 2.40. The van der Waals surface area contributed by atoms with Crippen LogP contribution in [0.1, 0.15) is 39.0 Å². The van der Waals surface area contributed by atoms with Crippen molar-refractivity contribution >= 4 is 11.9 Å². The lowest BCUT2D eigenvalue weighted by Gasteiger charge is -2.19. The van der Waals surface area contributed by atoms with Crippen LogP contribution in [0.3, 0.4) is 0 Å². The zero-order valence-electron chi connectivity index (χ0n) is 8.45. The Kier molecular flexibility index (Phi) is 4.43. The van der Waals surface area contributed by atoms with Gasteiger partial charge in [-0.15, -0.1) is 0 Å². The molecule has 1 saturated carbocycles. The van der Waals surface area contributed by atoms with Crippen molar-refractivity contribution in [3.05, 3.63) is 0 Å². The van der Waals surface area contributed by atoms with Crippen molar-refractivity contribution in [2.45, 2.75) is 39.0 Å². The molecule has 1 fully saturated rings. The molecule has 0 heterocycles. The number of rotatable bonds is 3. The van der Waals surface area contributed by atoms with E-state index in [0.717, 1.165) is 25.7 Å².